The van der Waals surface area contributed by atoms with Gasteiger partial charge in [-0.1, -0.05) is 25.3 Å². The Morgan fingerprint density at radius 3 is 2.89 bits per heavy atom. The first kappa shape index (κ1) is 11.9. The molecule has 0 amide bonds. The van der Waals surface area contributed by atoms with Gasteiger partial charge in [0.15, 0.2) is 5.78 Å². The van der Waals surface area contributed by atoms with Crippen LogP contribution in [0.3, 0.4) is 0 Å². The molecule has 0 heterocycles. The Hall–Kier alpha value is -0.850. The molecule has 1 heteroatoms. The van der Waals surface area contributed by atoms with E-state index in [-0.39, 0.29) is 0 Å². The lowest BCUT2D eigenvalue weighted by Gasteiger charge is -2.43. The van der Waals surface area contributed by atoms with Crippen LogP contribution in [0.2, 0.25) is 0 Å². The molecule has 4 aliphatic carbocycles. The van der Waals surface area contributed by atoms with Crippen LogP contribution in [0.15, 0.2) is 22.8 Å². The first-order chi connectivity index (χ1) is 9.24. The Morgan fingerprint density at radius 1 is 1.11 bits per heavy atom. The number of rotatable bonds is 0. The lowest BCUT2D eigenvalue weighted by atomic mass is 9.62. The molecule has 0 radical (unpaired) electrons. The maximum absolute atomic E-state index is 11.8. The molecule has 4 aliphatic rings. The normalized spacial score (nSPS) is 41.5. The summed E-state index contributed by atoms with van der Waals surface area (Å²) in [6.07, 6.45) is 12.4. The molecule has 2 saturated carbocycles. The van der Waals surface area contributed by atoms with Crippen LogP contribution in [0.5, 0.6) is 0 Å². The van der Waals surface area contributed by atoms with Gasteiger partial charge in [0.2, 0.25) is 0 Å². The standard InChI is InChI=1S/C18H24O/c1-11-9-14(19)10-13-6-7-16-15-4-2-3-12(15)5-8-17(16)18(11)13/h10-12,15-16H,2-9H2,1H3/t11?,12-,15+,16-/m0/s1. The summed E-state index contributed by atoms with van der Waals surface area (Å²) in [5, 5.41) is 0. The summed E-state index contributed by atoms with van der Waals surface area (Å²) in [6.45, 7) is 2.27. The van der Waals surface area contributed by atoms with Gasteiger partial charge in [-0.25, -0.2) is 0 Å². The van der Waals surface area contributed by atoms with Gasteiger partial charge in [-0.3, -0.25) is 4.79 Å². The molecule has 1 nitrogen and oxygen atoms in total. The Balaban J connectivity index is 1.77. The van der Waals surface area contributed by atoms with Crippen molar-refractivity contribution in [3.05, 3.63) is 22.8 Å². The minimum absolute atomic E-state index is 0.361. The Morgan fingerprint density at radius 2 is 2.00 bits per heavy atom. The van der Waals surface area contributed by atoms with E-state index in [9.17, 15) is 4.79 Å². The zero-order valence-corrected chi connectivity index (χ0v) is 12.0. The third-order valence-corrected chi connectivity index (χ3v) is 6.22. The van der Waals surface area contributed by atoms with Gasteiger partial charge in [0.1, 0.15) is 0 Å². The molecule has 4 atom stereocenters. The average Bonchev–Trinajstić information content (AvgIpc) is 2.85. The van der Waals surface area contributed by atoms with E-state index in [4.69, 9.17) is 0 Å². The molecular formula is C18H24O. The molecule has 2 fully saturated rings. The zero-order chi connectivity index (χ0) is 13.0. The van der Waals surface area contributed by atoms with Gasteiger partial charge >= 0.3 is 0 Å². The van der Waals surface area contributed by atoms with Crippen molar-refractivity contribution < 1.29 is 4.79 Å². The van der Waals surface area contributed by atoms with Gasteiger partial charge in [0, 0.05) is 6.42 Å². The minimum Gasteiger partial charge on any atom is -0.295 e. The van der Waals surface area contributed by atoms with Crippen LogP contribution in [-0.2, 0) is 4.79 Å². The monoisotopic (exact) mass is 256 g/mol. The van der Waals surface area contributed by atoms with Crippen molar-refractivity contribution in [2.45, 2.75) is 58.3 Å². The molecule has 19 heavy (non-hydrogen) atoms. The predicted octanol–water partition coefficient (Wildman–Crippen LogP) is 4.44. The molecule has 102 valence electrons. The second-order valence-electron chi connectivity index (χ2n) is 7.22. The maximum atomic E-state index is 11.8. The second kappa shape index (κ2) is 4.33. The van der Waals surface area contributed by atoms with Gasteiger partial charge < -0.3 is 0 Å². The smallest absolute Gasteiger partial charge is 0.156 e. The van der Waals surface area contributed by atoms with Gasteiger partial charge in [-0.05, 0) is 73.0 Å². The van der Waals surface area contributed by atoms with Crippen LogP contribution in [0, 0.1) is 23.7 Å². The van der Waals surface area contributed by atoms with Crippen LogP contribution in [-0.4, -0.2) is 5.78 Å². The van der Waals surface area contributed by atoms with Crippen molar-refractivity contribution in [3.63, 3.8) is 0 Å². The SMILES string of the molecule is CC1CC(=O)C=C2CC[C@@H]3C(=C21)CC[C@@H]1CCC[C@H]13. The van der Waals surface area contributed by atoms with E-state index in [0.717, 1.165) is 24.2 Å². The summed E-state index contributed by atoms with van der Waals surface area (Å²) >= 11 is 0. The van der Waals surface area contributed by atoms with E-state index in [1.54, 1.807) is 11.1 Å². The molecule has 0 aromatic carbocycles. The first-order valence-corrected chi connectivity index (χ1v) is 8.20. The topological polar surface area (TPSA) is 17.1 Å². The lowest BCUT2D eigenvalue weighted by molar-refractivity contribution is -0.115. The highest BCUT2D eigenvalue weighted by molar-refractivity contribution is 5.93. The molecule has 0 aliphatic heterocycles. The van der Waals surface area contributed by atoms with E-state index in [2.05, 4.69) is 6.92 Å². The Bertz CT molecular complexity index is 482. The molecule has 0 aromatic heterocycles. The van der Waals surface area contributed by atoms with Crippen LogP contribution in [0.25, 0.3) is 0 Å². The van der Waals surface area contributed by atoms with E-state index >= 15 is 0 Å². The zero-order valence-electron chi connectivity index (χ0n) is 12.0. The molecule has 4 rings (SSSR count). The number of allylic oxidation sites excluding steroid dienone is 4. The third kappa shape index (κ3) is 1.77. The first-order valence-electron chi connectivity index (χ1n) is 8.20. The third-order valence-electron chi connectivity index (χ3n) is 6.22. The highest BCUT2D eigenvalue weighted by Crippen LogP contribution is 2.54. The Labute approximate surface area is 116 Å². The summed E-state index contributed by atoms with van der Waals surface area (Å²) in [5.41, 5.74) is 4.81. The van der Waals surface area contributed by atoms with Crippen molar-refractivity contribution in [2.75, 3.05) is 0 Å². The molecule has 1 unspecified atom stereocenters. The van der Waals surface area contributed by atoms with Crippen LogP contribution < -0.4 is 0 Å². The van der Waals surface area contributed by atoms with Gasteiger partial charge in [0.05, 0.1) is 0 Å². The van der Waals surface area contributed by atoms with Crippen molar-refractivity contribution in [1.29, 1.82) is 0 Å². The fourth-order valence-corrected chi connectivity index (χ4v) is 5.55. The summed E-state index contributed by atoms with van der Waals surface area (Å²) in [7, 11) is 0. The molecule has 0 spiro atoms. The Kier molecular flexibility index (Phi) is 2.72. The minimum atomic E-state index is 0.361. The van der Waals surface area contributed by atoms with Crippen LogP contribution in [0.1, 0.15) is 58.3 Å². The highest BCUT2D eigenvalue weighted by atomic mass is 16.1. The number of ketones is 1. The summed E-state index contributed by atoms with van der Waals surface area (Å²) in [4.78, 5) is 11.8. The largest absolute Gasteiger partial charge is 0.295 e. The maximum Gasteiger partial charge on any atom is 0.156 e. The molecule has 0 N–H and O–H groups in total. The molecule has 0 saturated heterocycles. The van der Waals surface area contributed by atoms with Gasteiger partial charge in [-0.15, -0.1) is 0 Å². The number of hydrogen-bond donors (Lipinski definition) is 0. The summed E-state index contributed by atoms with van der Waals surface area (Å²) in [6, 6.07) is 0. The number of fused-ring (bicyclic) bond motifs is 4. The van der Waals surface area contributed by atoms with Crippen molar-refractivity contribution in [2.24, 2.45) is 23.7 Å². The summed E-state index contributed by atoms with van der Waals surface area (Å²) < 4.78 is 0. The van der Waals surface area contributed by atoms with Crippen LogP contribution >= 0.6 is 0 Å². The van der Waals surface area contributed by atoms with Gasteiger partial charge in [0.25, 0.3) is 0 Å². The van der Waals surface area contributed by atoms with Gasteiger partial charge in [-0.2, -0.15) is 0 Å². The fraction of sp³-hybridized carbons (Fsp3) is 0.722. The molecular weight excluding hydrogens is 232 g/mol. The predicted molar refractivity (Wildman–Crippen MR) is 76.7 cm³/mol. The highest BCUT2D eigenvalue weighted by Gasteiger charge is 2.43. The second-order valence-corrected chi connectivity index (χ2v) is 7.22. The average molecular weight is 256 g/mol. The molecule has 0 bridgehead atoms. The van der Waals surface area contributed by atoms with E-state index in [1.807, 2.05) is 6.08 Å². The number of carbonyl (C=O) groups excluding carboxylic acids is 1. The quantitative estimate of drug-likeness (QED) is 0.626. The van der Waals surface area contributed by atoms with E-state index in [0.29, 0.717) is 11.7 Å². The van der Waals surface area contributed by atoms with E-state index < -0.39 is 0 Å². The lowest BCUT2D eigenvalue weighted by Crippen LogP contribution is -2.32. The fourth-order valence-electron chi connectivity index (χ4n) is 5.55. The molecule has 0 aromatic rings. The van der Waals surface area contributed by atoms with Crippen LogP contribution in [0.4, 0.5) is 0 Å². The van der Waals surface area contributed by atoms with Crippen molar-refractivity contribution >= 4 is 5.78 Å². The van der Waals surface area contributed by atoms with Crippen molar-refractivity contribution in [1.82, 2.24) is 0 Å². The number of carbonyl (C=O) groups is 1. The van der Waals surface area contributed by atoms with E-state index in [1.165, 1.54) is 50.5 Å². The van der Waals surface area contributed by atoms with Crippen molar-refractivity contribution in [3.8, 4) is 0 Å². The summed E-state index contributed by atoms with van der Waals surface area (Å²) in [5.74, 6) is 3.75. The number of hydrogen-bond acceptors (Lipinski definition) is 1.